The molecule has 4 nitrogen and oxygen atoms in total. The Bertz CT molecular complexity index is 508. The second-order valence-corrected chi connectivity index (χ2v) is 4.94. The summed E-state index contributed by atoms with van der Waals surface area (Å²) in [5.74, 6) is 1.54. The maximum absolute atomic E-state index is 5.70. The quantitative estimate of drug-likeness (QED) is 0.771. The Morgan fingerprint density at radius 2 is 2.00 bits per heavy atom. The maximum atomic E-state index is 5.70. The van der Waals surface area contributed by atoms with Gasteiger partial charge >= 0.3 is 0 Å². The van der Waals surface area contributed by atoms with Gasteiger partial charge in [0.05, 0.1) is 10.7 Å². The van der Waals surface area contributed by atoms with Crippen molar-refractivity contribution >= 4 is 22.6 Å². The Morgan fingerprint density at radius 3 is 2.56 bits per heavy atom. The minimum Gasteiger partial charge on any atom is -0.497 e. The molecule has 1 heterocycles. The highest BCUT2D eigenvalue weighted by Gasteiger charge is 2.07. The van der Waals surface area contributed by atoms with E-state index in [4.69, 9.17) is 9.47 Å². The average Bonchev–Trinajstić information content (AvgIpc) is 2.77. The predicted octanol–water partition coefficient (Wildman–Crippen LogP) is 3.10. The van der Waals surface area contributed by atoms with E-state index in [1.54, 1.807) is 7.11 Å². The van der Waals surface area contributed by atoms with E-state index in [1.165, 1.54) is 0 Å². The van der Waals surface area contributed by atoms with Gasteiger partial charge in [0.15, 0.2) is 0 Å². The number of hydrogen-bond acceptors (Lipinski definition) is 3. The summed E-state index contributed by atoms with van der Waals surface area (Å²) in [6.45, 7) is 3.42. The first-order valence-electron chi connectivity index (χ1n) is 5.71. The lowest BCUT2D eigenvalue weighted by Crippen LogP contribution is -1.99. The van der Waals surface area contributed by atoms with Gasteiger partial charge in [0.25, 0.3) is 0 Å². The van der Waals surface area contributed by atoms with Gasteiger partial charge in [-0.15, -0.1) is 5.10 Å². The number of aromatic nitrogens is 2. The highest BCUT2D eigenvalue weighted by Crippen LogP contribution is 2.20. The minimum absolute atomic E-state index is 0.515. The number of hydrogen-bond donors (Lipinski definition) is 0. The topological polar surface area (TPSA) is 36.3 Å². The smallest absolute Gasteiger partial charge is 0.246 e. The van der Waals surface area contributed by atoms with E-state index in [0.717, 1.165) is 21.4 Å². The molecule has 0 aliphatic heterocycles. The van der Waals surface area contributed by atoms with Gasteiger partial charge in [0.2, 0.25) is 5.88 Å². The molecule has 0 aliphatic carbocycles. The molecule has 0 saturated carbocycles. The normalized spacial score (nSPS) is 10.4. The summed E-state index contributed by atoms with van der Waals surface area (Å²) < 4.78 is 13.7. The summed E-state index contributed by atoms with van der Waals surface area (Å²) in [6.07, 6.45) is 1.98. The van der Waals surface area contributed by atoms with Crippen LogP contribution in [0.3, 0.4) is 0 Å². The summed E-state index contributed by atoms with van der Waals surface area (Å²) in [5.41, 5.74) is 1.10. The monoisotopic (exact) mass is 358 g/mol. The largest absolute Gasteiger partial charge is 0.497 e. The zero-order valence-corrected chi connectivity index (χ0v) is 12.5. The van der Waals surface area contributed by atoms with Crippen LogP contribution in [-0.2, 0) is 13.2 Å². The highest BCUT2D eigenvalue weighted by molar-refractivity contribution is 14.1. The van der Waals surface area contributed by atoms with Crippen LogP contribution in [0.1, 0.15) is 12.5 Å². The van der Waals surface area contributed by atoms with Crippen LogP contribution < -0.4 is 9.47 Å². The van der Waals surface area contributed by atoms with Gasteiger partial charge in [-0.25, -0.2) is 0 Å². The number of benzene rings is 1. The lowest BCUT2D eigenvalue weighted by atomic mass is 10.2. The molecule has 0 spiro atoms. The van der Waals surface area contributed by atoms with E-state index in [2.05, 4.69) is 34.6 Å². The van der Waals surface area contributed by atoms with Crippen molar-refractivity contribution in [3.63, 3.8) is 0 Å². The van der Waals surface area contributed by atoms with Gasteiger partial charge in [-0.1, -0.05) is 12.1 Å². The third-order valence-electron chi connectivity index (χ3n) is 2.54. The van der Waals surface area contributed by atoms with E-state index < -0.39 is 0 Å². The number of rotatable bonds is 5. The van der Waals surface area contributed by atoms with Gasteiger partial charge in [-0.05, 0) is 47.2 Å². The van der Waals surface area contributed by atoms with E-state index in [-0.39, 0.29) is 0 Å². The summed E-state index contributed by atoms with van der Waals surface area (Å²) in [4.78, 5) is 0. The molecule has 0 fully saturated rings. The van der Waals surface area contributed by atoms with E-state index in [1.807, 2.05) is 35.1 Å². The average molecular weight is 358 g/mol. The first-order chi connectivity index (χ1) is 8.72. The van der Waals surface area contributed by atoms with Gasteiger partial charge in [-0.3, -0.25) is 4.68 Å². The maximum Gasteiger partial charge on any atom is 0.246 e. The second-order valence-electron chi connectivity index (χ2n) is 3.77. The van der Waals surface area contributed by atoms with Crippen molar-refractivity contribution in [2.75, 3.05) is 7.11 Å². The number of halogens is 1. The van der Waals surface area contributed by atoms with Gasteiger partial charge in [0.1, 0.15) is 12.4 Å². The Labute approximate surface area is 120 Å². The molecule has 2 aromatic rings. The predicted molar refractivity (Wildman–Crippen MR) is 77.9 cm³/mol. The Balaban J connectivity index is 1.99. The lowest BCUT2D eigenvalue weighted by Gasteiger charge is -2.05. The molecule has 18 heavy (non-hydrogen) atoms. The van der Waals surface area contributed by atoms with Gasteiger partial charge in [-0.2, -0.15) is 0 Å². The van der Waals surface area contributed by atoms with E-state index >= 15 is 0 Å². The molecule has 0 amide bonds. The molecule has 1 aromatic carbocycles. The molecular weight excluding hydrogens is 343 g/mol. The molecule has 0 atom stereocenters. The summed E-state index contributed by atoms with van der Waals surface area (Å²) in [6, 6.07) is 7.83. The Hall–Kier alpha value is -1.24. The van der Waals surface area contributed by atoms with Crippen LogP contribution in [0, 0.1) is 3.57 Å². The van der Waals surface area contributed by atoms with Crippen molar-refractivity contribution in [1.29, 1.82) is 0 Å². The molecule has 0 unspecified atom stereocenters. The number of methoxy groups -OCH3 is 1. The third kappa shape index (κ3) is 3.16. The van der Waals surface area contributed by atoms with Crippen molar-refractivity contribution in [3.05, 3.63) is 39.6 Å². The van der Waals surface area contributed by atoms with Crippen LogP contribution in [0.5, 0.6) is 11.6 Å². The van der Waals surface area contributed by atoms with Crippen molar-refractivity contribution in [3.8, 4) is 11.6 Å². The zero-order valence-electron chi connectivity index (χ0n) is 10.4. The molecule has 96 valence electrons. The van der Waals surface area contributed by atoms with Crippen LogP contribution >= 0.6 is 22.6 Å². The second kappa shape index (κ2) is 6.08. The molecule has 0 radical (unpaired) electrons. The fraction of sp³-hybridized carbons (Fsp3) is 0.308. The summed E-state index contributed by atoms with van der Waals surface area (Å²) >= 11 is 2.23. The van der Waals surface area contributed by atoms with Gasteiger partial charge < -0.3 is 9.47 Å². The first kappa shape index (κ1) is 13.2. The molecule has 0 saturated heterocycles. The molecule has 2 rings (SSSR count). The van der Waals surface area contributed by atoms with Crippen LogP contribution in [0.2, 0.25) is 0 Å². The van der Waals surface area contributed by atoms with Crippen LogP contribution in [-0.4, -0.2) is 16.9 Å². The minimum atomic E-state index is 0.515. The molecular formula is C13H15IN2O2. The fourth-order valence-electron chi connectivity index (χ4n) is 1.51. The molecule has 0 aliphatic rings. The van der Waals surface area contributed by atoms with Gasteiger partial charge in [0, 0.05) is 12.7 Å². The summed E-state index contributed by atoms with van der Waals surface area (Å²) in [7, 11) is 1.66. The van der Waals surface area contributed by atoms with Crippen LogP contribution in [0.15, 0.2) is 30.5 Å². The van der Waals surface area contributed by atoms with Crippen molar-refractivity contribution in [2.24, 2.45) is 0 Å². The SMILES string of the molecule is CCn1cc(I)c(OCc2ccc(OC)cc2)n1. The van der Waals surface area contributed by atoms with Crippen molar-refractivity contribution < 1.29 is 9.47 Å². The van der Waals surface area contributed by atoms with E-state index in [0.29, 0.717) is 12.5 Å². The first-order valence-corrected chi connectivity index (χ1v) is 6.79. The Kier molecular flexibility index (Phi) is 4.46. The molecule has 5 heteroatoms. The molecule has 0 N–H and O–H groups in total. The highest BCUT2D eigenvalue weighted by atomic mass is 127. The zero-order chi connectivity index (χ0) is 13.0. The summed E-state index contributed by atoms with van der Waals surface area (Å²) in [5, 5.41) is 4.34. The Morgan fingerprint density at radius 1 is 1.28 bits per heavy atom. The van der Waals surface area contributed by atoms with Crippen molar-refractivity contribution in [1.82, 2.24) is 9.78 Å². The van der Waals surface area contributed by atoms with Crippen LogP contribution in [0.4, 0.5) is 0 Å². The number of ether oxygens (including phenoxy) is 2. The van der Waals surface area contributed by atoms with E-state index in [9.17, 15) is 0 Å². The number of aryl methyl sites for hydroxylation is 1. The van der Waals surface area contributed by atoms with Crippen LogP contribution in [0.25, 0.3) is 0 Å². The molecule has 1 aromatic heterocycles. The third-order valence-corrected chi connectivity index (χ3v) is 3.28. The molecule has 0 bridgehead atoms. The fourth-order valence-corrected chi connectivity index (χ4v) is 2.10. The van der Waals surface area contributed by atoms with Crippen molar-refractivity contribution in [2.45, 2.75) is 20.1 Å². The standard InChI is InChI=1S/C13H15IN2O2/c1-3-16-8-12(14)13(15-16)18-9-10-4-6-11(17-2)7-5-10/h4-8H,3,9H2,1-2H3. The lowest BCUT2D eigenvalue weighted by molar-refractivity contribution is 0.287. The number of nitrogens with zero attached hydrogens (tertiary/aromatic N) is 2.